The molecule has 1 saturated heterocycles. The van der Waals surface area contributed by atoms with Crippen molar-refractivity contribution in [3.8, 4) is 0 Å². The Morgan fingerprint density at radius 2 is 1.50 bits per heavy atom. The third-order valence-corrected chi connectivity index (χ3v) is 4.43. The Hall–Kier alpha value is -0.290. The first-order chi connectivity index (χ1) is 8.19. The lowest BCUT2D eigenvalue weighted by molar-refractivity contribution is -0.925. The molecule has 1 aromatic carbocycles. The molecule has 2 nitrogen and oxygen atoms in total. The number of rotatable bonds is 3. The third-order valence-electron chi connectivity index (χ3n) is 4.43. The number of likely N-dealkylation sites (N-methyl/N-ethyl adjacent to an activating group) is 1. The summed E-state index contributed by atoms with van der Waals surface area (Å²) in [5.74, 6) is 0. The Kier molecular flexibility index (Phi) is 5.92. The van der Waals surface area contributed by atoms with Gasteiger partial charge >= 0.3 is 0 Å². The Morgan fingerprint density at radius 3 is 1.94 bits per heavy atom. The first-order valence-electron chi connectivity index (χ1n) is 6.86. The molecule has 0 atom stereocenters. The summed E-state index contributed by atoms with van der Waals surface area (Å²) in [6.45, 7) is 14.3. The second kappa shape index (κ2) is 6.75. The van der Waals surface area contributed by atoms with E-state index in [-0.39, 0.29) is 24.0 Å². The van der Waals surface area contributed by atoms with Gasteiger partial charge in [-0.3, -0.25) is 0 Å². The topological polar surface area (TPSA) is 3.24 Å². The van der Waals surface area contributed by atoms with E-state index < -0.39 is 0 Å². The van der Waals surface area contributed by atoms with Crippen molar-refractivity contribution in [2.24, 2.45) is 0 Å². The molecule has 0 unspecified atom stereocenters. The van der Waals surface area contributed by atoms with E-state index in [0.29, 0.717) is 0 Å². The lowest BCUT2D eigenvalue weighted by Gasteiger charge is -2.44. The Labute approximate surface area is 129 Å². The van der Waals surface area contributed by atoms with Crippen LogP contribution in [0.15, 0.2) is 24.3 Å². The molecule has 0 aromatic heterocycles. The maximum Gasteiger partial charge on any atom is 0.0965 e. The highest BCUT2D eigenvalue weighted by molar-refractivity contribution is 5.47. The number of quaternary nitrogens is 1. The SMILES string of the molecule is CC[N+]1(CC)CCN(c2ccc(C)cc2)CC1.[I-]. The van der Waals surface area contributed by atoms with Crippen LogP contribution in [0.4, 0.5) is 5.69 Å². The molecule has 3 heteroatoms. The van der Waals surface area contributed by atoms with Crippen LogP contribution in [-0.4, -0.2) is 43.8 Å². The van der Waals surface area contributed by atoms with Crippen LogP contribution in [0.2, 0.25) is 0 Å². The number of hydrogen-bond acceptors (Lipinski definition) is 1. The summed E-state index contributed by atoms with van der Waals surface area (Å²) in [6, 6.07) is 8.94. The molecule has 0 aliphatic carbocycles. The largest absolute Gasteiger partial charge is 1.00 e. The highest BCUT2D eigenvalue weighted by atomic mass is 127. The van der Waals surface area contributed by atoms with E-state index in [4.69, 9.17) is 0 Å². The molecule has 102 valence electrons. The van der Waals surface area contributed by atoms with Crippen molar-refractivity contribution >= 4 is 5.69 Å². The third kappa shape index (κ3) is 3.38. The van der Waals surface area contributed by atoms with Gasteiger partial charge in [-0.2, -0.15) is 0 Å². The quantitative estimate of drug-likeness (QED) is 0.528. The van der Waals surface area contributed by atoms with Crippen LogP contribution in [0.3, 0.4) is 0 Å². The van der Waals surface area contributed by atoms with Crippen LogP contribution < -0.4 is 28.9 Å². The van der Waals surface area contributed by atoms with Crippen LogP contribution in [-0.2, 0) is 0 Å². The van der Waals surface area contributed by atoms with Crippen molar-refractivity contribution in [1.82, 2.24) is 0 Å². The maximum atomic E-state index is 2.53. The molecule has 0 amide bonds. The van der Waals surface area contributed by atoms with E-state index in [9.17, 15) is 0 Å². The van der Waals surface area contributed by atoms with Crippen molar-refractivity contribution < 1.29 is 28.5 Å². The average molecular weight is 360 g/mol. The van der Waals surface area contributed by atoms with Gasteiger partial charge < -0.3 is 33.4 Å². The number of hydrogen-bond donors (Lipinski definition) is 0. The van der Waals surface area contributed by atoms with Crippen LogP contribution in [0.5, 0.6) is 0 Å². The van der Waals surface area contributed by atoms with Gasteiger partial charge in [-0.1, -0.05) is 17.7 Å². The predicted octanol–water partition coefficient (Wildman–Crippen LogP) is -0.324. The molecule has 1 heterocycles. The number of halogens is 1. The zero-order chi connectivity index (χ0) is 12.3. The fraction of sp³-hybridized carbons (Fsp3) is 0.600. The van der Waals surface area contributed by atoms with Crippen molar-refractivity contribution in [3.63, 3.8) is 0 Å². The normalized spacial score (nSPS) is 18.3. The molecule has 0 spiro atoms. The number of anilines is 1. The van der Waals surface area contributed by atoms with Gasteiger partial charge in [-0.05, 0) is 32.9 Å². The first-order valence-corrected chi connectivity index (χ1v) is 6.86. The molecule has 0 bridgehead atoms. The Bertz CT molecular complexity index is 347. The van der Waals surface area contributed by atoms with Gasteiger partial charge in [0.25, 0.3) is 0 Å². The van der Waals surface area contributed by atoms with Crippen LogP contribution in [0, 0.1) is 6.92 Å². The molecule has 0 N–H and O–H groups in total. The second-order valence-corrected chi connectivity index (χ2v) is 5.24. The second-order valence-electron chi connectivity index (χ2n) is 5.24. The number of nitrogens with zero attached hydrogens (tertiary/aromatic N) is 2. The smallest absolute Gasteiger partial charge is 0.0965 e. The minimum atomic E-state index is 0. The lowest BCUT2D eigenvalue weighted by Crippen LogP contribution is -3.00. The molecule has 0 saturated carbocycles. The summed E-state index contributed by atoms with van der Waals surface area (Å²) in [4.78, 5) is 2.53. The minimum Gasteiger partial charge on any atom is -1.00 e. The van der Waals surface area contributed by atoms with Gasteiger partial charge in [0.05, 0.1) is 39.3 Å². The molecule has 1 fully saturated rings. The van der Waals surface area contributed by atoms with Crippen molar-refractivity contribution in [3.05, 3.63) is 29.8 Å². The van der Waals surface area contributed by atoms with Crippen LogP contribution in [0.25, 0.3) is 0 Å². The van der Waals surface area contributed by atoms with E-state index in [1.807, 2.05) is 0 Å². The van der Waals surface area contributed by atoms with E-state index in [2.05, 4.69) is 49.9 Å². The van der Waals surface area contributed by atoms with Crippen LogP contribution in [0.1, 0.15) is 19.4 Å². The van der Waals surface area contributed by atoms with E-state index in [1.54, 1.807) is 0 Å². The highest BCUT2D eigenvalue weighted by Crippen LogP contribution is 2.20. The summed E-state index contributed by atoms with van der Waals surface area (Å²) in [5, 5.41) is 0. The molecular formula is C15H25IN2. The Morgan fingerprint density at radius 1 is 1.00 bits per heavy atom. The average Bonchev–Trinajstić information content (AvgIpc) is 2.40. The molecule has 2 rings (SSSR count). The van der Waals surface area contributed by atoms with Gasteiger partial charge in [0.15, 0.2) is 0 Å². The summed E-state index contributed by atoms with van der Waals surface area (Å²) < 4.78 is 1.29. The lowest BCUT2D eigenvalue weighted by atomic mass is 10.1. The maximum absolute atomic E-state index is 2.53. The molecule has 1 aliphatic heterocycles. The van der Waals surface area contributed by atoms with Crippen molar-refractivity contribution in [1.29, 1.82) is 0 Å². The number of piperazine rings is 1. The predicted molar refractivity (Wildman–Crippen MR) is 74.5 cm³/mol. The molecule has 1 aliphatic rings. The molecular weight excluding hydrogens is 335 g/mol. The standard InChI is InChI=1S/C15H25N2.HI/c1-4-17(5-2)12-10-16(11-13-17)15-8-6-14(3)7-9-15;/h6-9H,4-5,10-13H2,1-3H3;1H/q+1;/p-1. The summed E-state index contributed by atoms with van der Waals surface area (Å²) in [6.07, 6.45) is 0. The molecule has 18 heavy (non-hydrogen) atoms. The summed E-state index contributed by atoms with van der Waals surface area (Å²) in [5.41, 5.74) is 2.73. The van der Waals surface area contributed by atoms with Gasteiger partial charge in [-0.25, -0.2) is 0 Å². The molecule has 1 aromatic rings. The Balaban J connectivity index is 0.00000162. The fourth-order valence-corrected chi connectivity index (χ4v) is 2.76. The van der Waals surface area contributed by atoms with Gasteiger partial charge in [-0.15, -0.1) is 0 Å². The fourth-order valence-electron chi connectivity index (χ4n) is 2.76. The van der Waals surface area contributed by atoms with Crippen LogP contribution >= 0.6 is 0 Å². The monoisotopic (exact) mass is 360 g/mol. The van der Waals surface area contributed by atoms with Crippen molar-refractivity contribution in [2.75, 3.05) is 44.2 Å². The van der Waals surface area contributed by atoms with Crippen molar-refractivity contribution in [2.45, 2.75) is 20.8 Å². The summed E-state index contributed by atoms with van der Waals surface area (Å²) >= 11 is 0. The minimum absolute atomic E-state index is 0. The number of benzene rings is 1. The van der Waals surface area contributed by atoms with E-state index in [0.717, 1.165) is 0 Å². The van der Waals surface area contributed by atoms with Gasteiger partial charge in [0.1, 0.15) is 0 Å². The summed E-state index contributed by atoms with van der Waals surface area (Å²) in [7, 11) is 0. The van der Waals surface area contributed by atoms with Gasteiger partial charge in [0.2, 0.25) is 0 Å². The van der Waals surface area contributed by atoms with Gasteiger partial charge in [0, 0.05) is 5.69 Å². The zero-order valence-electron chi connectivity index (χ0n) is 11.8. The highest BCUT2D eigenvalue weighted by Gasteiger charge is 2.29. The zero-order valence-corrected chi connectivity index (χ0v) is 14.0. The first kappa shape index (κ1) is 15.8. The van der Waals surface area contributed by atoms with E-state index >= 15 is 0 Å². The number of aryl methyl sites for hydroxylation is 1. The molecule has 0 radical (unpaired) electrons. The van der Waals surface area contributed by atoms with E-state index in [1.165, 1.54) is 55.0 Å².